The van der Waals surface area contributed by atoms with Gasteiger partial charge in [-0.1, -0.05) is 42.5 Å². The van der Waals surface area contributed by atoms with Gasteiger partial charge in [0.05, 0.1) is 11.2 Å². The van der Waals surface area contributed by atoms with E-state index in [2.05, 4.69) is 34.2 Å². The first-order chi connectivity index (χ1) is 15.2. The molecule has 150 valence electrons. The van der Waals surface area contributed by atoms with Gasteiger partial charge in [-0.05, 0) is 66.9 Å². The number of hydrogen-bond donors (Lipinski definition) is 0. The maximum atomic E-state index is 6.46. The Morgan fingerprint density at radius 3 is 2.32 bits per heavy atom. The topological polar surface area (TPSA) is 47.9 Å². The number of aryl methyl sites for hydroxylation is 2. The summed E-state index contributed by atoms with van der Waals surface area (Å²) in [7, 11) is 0. The van der Waals surface area contributed by atoms with Crippen molar-refractivity contribution in [3.63, 3.8) is 0 Å². The van der Waals surface area contributed by atoms with E-state index in [9.17, 15) is 0 Å². The Morgan fingerprint density at radius 1 is 0.677 bits per heavy atom. The molecule has 0 bridgehead atoms. The van der Waals surface area contributed by atoms with Gasteiger partial charge >= 0.3 is 0 Å². The van der Waals surface area contributed by atoms with Gasteiger partial charge in [-0.2, -0.15) is 0 Å². The molecular formula is C27H21N3O. The third-order valence-electron chi connectivity index (χ3n) is 5.37. The molecule has 5 aromatic rings. The summed E-state index contributed by atoms with van der Waals surface area (Å²) in [5.74, 6) is 1.42. The van der Waals surface area contributed by atoms with Crippen LogP contribution in [0.1, 0.15) is 11.3 Å². The van der Waals surface area contributed by atoms with Crippen LogP contribution in [0.4, 0.5) is 0 Å². The van der Waals surface area contributed by atoms with Crippen LogP contribution in [0.25, 0.3) is 33.4 Å². The molecule has 3 aromatic heterocycles. The van der Waals surface area contributed by atoms with Crippen LogP contribution in [0.15, 0.2) is 91.3 Å². The van der Waals surface area contributed by atoms with Crippen molar-refractivity contribution < 1.29 is 4.74 Å². The van der Waals surface area contributed by atoms with Gasteiger partial charge in [0, 0.05) is 23.5 Å². The molecule has 0 aliphatic heterocycles. The Kier molecular flexibility index (Phi) is 4.89. The molecule has 0 saturated heterocycles. The van der Waals surface area contributed by atoms with Crippen LogP contribution < -0.4 is 4.74 Å². The largest absolute Gasteiger partial charge is 0.454 e. The molecule has 2 aromatic carbocycles. The van der Waals surface area contributed by atoms with Crippen molar-refractivity contribution in [2.24, 2.45) is 0 Å². The molecule has 4 heteroatoms. The smallest absolute Gasteiger partial charge is 0.155 e. The highest BCUT2D eigenvalue weighted by Gasteiger charge is 2.15. The summed E-state index contributed by atoms with van der Waals surface area (Å²) >= 11 is 0. The fourth-order valence-corrected chi connectivity index (χ4v) is 3.58. The Labute approximate surface area is 181 Å². The minimum Gasteiger partial charge on any atom is -0.454 e. The van der Waals surface area contributed by atoms with Crippen molar-refractivity contribution in [3.8, 4) is 34.0 Å². The Balaban J connectivity index is 1.64. The van der Waals surface area contributed by atoms with Crippen molar-refractivity contribution in [2.75, 3.05) is 0 Å². The molecule has 5 rings (SSSR count). The average Bonchev–Trinajstić information content (AvgIpc) is 2.82. The average molecular weight is 403 g/mol. The van der Waals surface area contributed by atoms with Gasteiger partial charge in [-0.15, -0.1) is 0 Å². The fraction of sp³-hybridized carbons (Fsp3) is 0.0741. The van der Waals surface area contributed by atoms with Crippen LogP contribution in [-0.4, -0.2) is 15.0 Å². The van der Waals surface area contributed by atoms with E-state index < -0.39 is 0 Å². The molecule has 0 atom stereocenters. The molecule has 3 heterocycles. The van der Waals surface area contributed by atoms with Gasteiger partial charge in [0.25, 0.3) is 0 Å². The van der Waals surface area contributed by atoms with Crippen molar-refractivity contribution in [2.45, 2.75) is 13.8 Å². The summed E-state index contributed by atoms with van der Waals surface area (Å²) in [4.78, 5) is 13.8. The summed E-state index contributed by atoms with van der Waals surface area (Å²) in [5, 5.41) is 0.953. The van der Waals surface area contributed by atoms with E-state index in [0.29, 0.717) is 5.75 Å². The SMILES string of the molecule is Cc1cc(Oc2ccnc3ccc(-c4ccccc4)cc23)c(-c2ccccn2)nc1C. The van der Waals surface area contributed by atoms with Gasteiger partial charge in [-0.3, -0.25) is 9.97 Å². The van der Waals surface area contributed by atoms with E-state index >= 15 is 0 Å². The molecular weight excluding hydrogens is 382 g/mol. The lowest BCUT2D eigenvalue weighted by Gasteiger charge is -2.14. The molecule has 0 amide bonds. The van der Waals surface area contributed by atoms with E-state index in [4.69, 9.17) is 9.72 Å². The lowest BCUT2D eigenvalue weighted by molar-refractivity contribution is 0.486. The molecule has 0 saturated carbocycles. The molecule has 4 nitrogen and oxygen atoms in total. The number of ether oxygens (including phenoxy) is 1. The van der Waals surface area contributed by atoms with Crippen molar-refractivity contribution in [3.05, 3.63) is 103 Å². The van der Waals surface area contributed by atoms with Gasteiger partial charge < -0.3 is 4.74 Å². The first-order valence-corrected chi connectivity index (χ1v) is 10.2. The first kappa shape index (κ1) is 18.9. The number of hydrogen-bond acceptors (Lipinski definition) is 4. The molecule has 31 heavy (non-hydrogen) atoms. The molecule has 0 N–H and O–H groups in total. The van der Waals surface area contributed by atoms with Gasteiger partial charge in [0.15, 0.2) is 5.75 Å². The highest BCUT2D eigenvalue weighted by Crippen LogP contribution is 2.36. The number of pyridine rings is 3. The summed E-state index contributed by atoms with van der Waals surface area (Å²) in [5.41, 5.74) is 6.69. The predicted molar refractivity (Wildman–Crippen MR) is 124 cm³/mol. The Bertz CT molecular complexity index is 1370. The van der Waals surface area contributed by atoms with Gasteiger partial charge in [0.2, 0.25) is 0 Å². The summed E-state index contributed by atoms with van der Waals surface area (Å²) in [6, 6.07) is 26.3. The van der Waals surface area contributed by atoms with E-state index in [1.54, 1.807) is 12.4 Å². The minimum atomic E-state index is 0.680. The second-order valence-corrected chi connectivity index (χ2v) is 7.46. The van der Waals surface area contributed by atoms with Crippen LogP contribution in [0.3, 0.4) is 0 Å². The zero-order chi connectivity index (χ0) is 21.2. The molecule has 0 unspecified atom stereocenters. The Morgan fingerprint density at radius 2 is 1.52 bits per heavy atom. The third-order valence-corrected chi connectivity index (χ3v) is 5.37. The van der Waals surface area contributed by atoms with Crippen LogP contribution in [0, 0.1) is 13.8 Å². The van der Waals surface area contributed by atoms with Crippen molar-refractivity contribution >= 4 is 10.9 Å². The molecule has 0 fully saturated rings. The van der Waals surface area contributed by atoms with Crippen LogP contribution in [0.2, 0.25) is 0 Å². The molecule has 0 aliphatic carbocycles. The quantitative estimate of drug-likeness (QED) is 0.332. The molecule has 0 spiro atoms. The van der Waals surface area contributed by atoms with Crippen LogP contribution in [-0.2, 0) is 0 Å². The van der Waals surface area contributed by atoms with Crippen molar-refractivity contribution in [1.29, 1.82) is 0 Å². The van der Waals surface area contributed by atoms with Crippen molar-refractivity contribution in [1.82, 2.24) is 15.0 Å². The Hall–Kier alpha value is -4.05. The maximum Gasteiger partial charge on any atom is 0.155 e. The van der Waals surface area contributed by atoms with E-state index in [1.807, 2.05) is 68.4 Å². The lowest BCUT2D eigenvalue weighted by atomic mass is 10.0. The summed E-state index contributed by atoms with van der Waals surface area (Å²) in [6.45, 7) is 4.04. The van der Waals surface area contributed by atoms with Gasteiger partial charge in [-0.25, -0.2) is 4.98 Å². The highest BCUT2D eigenvalue weighted by molar-refractivity contribution is 5.89. The second-order valence-electron chi connectivity index (χ2n) is 7.46. The first-order valence-electron chi connectivity index (χ1n) is 10.2. The summed E-state index contributed by atoms with van der Waals surface area (Å²) < 4.78 is 6.46. The third kappa shape index (κ3) is 3.76. The molecule has 0 radical (unpaired) electrons. The minimum absolute atomic E-state index is 0.680. The van der Waals surface area contributed by atoms with E-state index in [0.717, 1.165) is 50.4 Å². The van der Waals surface area contributed by atoms with E-state index in [1.165, 1.54) is 0 Å². The number of rotatable bonds is 4. The number of nitrogens with zero attached hydrogens (tertiary/aromatic N) is 3. The number of fused-ring (bicyclic) bond motifs is 1. The number of aromatic nitrogens is 3. The van der Waals surface area contributed by atoms with E-state index in [-0.39, 0.29) is 0 Å². The zero-order valence-corrected chi connectivity index (χ0v) is 17.4. The lowest BCUT2D eigenvalue weighted by Crippen LogP contribution is -1.98. The normalized spacial score (nSPS) is 10.9. The maximum absolute atomic E-state index is 6.46. The summed E-state index contributed by atoms with van der Waals surface area (Å²) in [6.07, 6.45) is 3.54. The monoisotopic (exact) mass is 403 g/mol. The molecule has 0 aliphatic rings. The fourth-order valence-electron chi connectivity index (χ4n) is 3.58. The van der Waals surface area contributed by atoms with Crippen LogP contribution >= 0.6 is 0 Å². The van der Waals surface area contributed by atoms with Gasteiger partial charge in [0.1, 0.15) is 11.4 Å². The van der Waals surface area contributed by atoms with Crippen LogP contribution in [0.5, 0.6) is 11.5 Å². The predicted octanol–water partition coefficient (Wildman–Crippen LogP) is 6.77. The standard InChI is InChI=1S/C27H21N3O/c1-18-16-26(27(30-19(18)2)24-10-6-7-14-28-24)31-25-13-15-29-23-12-11-21(17-22(23)25)20-8-4-3-5-9-20/h3-17H,1-2H3. The zero-order valence-electron chi connectivity index (χ0n) is 17.4. The second kappa shape index (κ2) is 8.00. The number of benzene rings is 2. The highest BCUT2D eigenvalue weighted by atomic mass is 16.5.